The molecule has 2 rings (SSSR count). The molecule has 2 amide bonds. The zero-order valence-electron chi connectivity index (χ0n) is 12.2. The molecule has 0 aromatic heterocycles. The molecule has 2 heterocycles. The molecule has 0 saturated carbocycles. The maximum atomic E-state index is 12.0. The van der Waals surface area contributed by atoms with Gasteiger partial charge in [0, 0.05) is 24.9 Å². The van der Waals surface area contributed by atoms with Gasteiger partial charge in [0.05, 0.1) is 12.1 Å². The fourth-order valence-electron chi connectivity index (χ4n) is 1.96. The quantitative estimate of drug-likeness (QED) is 0.781. The number of rotatable bonds is 4. The summed E-state index contributed by atoms with van der Waals surface area (Å²) in [5.74, 6) is 0. The fourth-order valence-corrected chi connectivity index (χ4v) is 1.96. The first-order valence-corrected chi connectivity index (χ1v) is 6.61. The van der Waals surface area contributed by atoms with E-state index in [0.717, 1.165) is 0 Å². The summed E-state index contributed by atoms with van der Waals surface area (Å²) in [6, 6.07) is -0.705. The SMILES string of the molecule is CC(NC(=O)NC(C)C1(C)N=CC=N1)C1(C)N=CC=N1. The molecule has 7 heteroatoms. The van der Waals surface area contributed by atoms with Crippen LogP contribution in [0.15, 0.2) is 20.0 Å². The van der Waals surface area contributed by atoms with Crippen LogP contribution in [0.5, 0.6) is 0 Å². The molecular formula is C13H20N6O. The number of hydrogen-bond acceptors (Lipinski definition) is 5. The first-order valence-electron chi connectivity index (χ1n) is 6.61. The maximum absolute atomic E-state index is 12.0. The molecule has 0 bridgehead atoms. The fraction of sp³-hybridized carbons (Fsp3) is 0.615. The first kappa shape index (κ1) is 14.4. The van der Waals surface area contributed by atoms with Gasteiger partial charge in [-0.15, -0.1) is 0 Å². The summed E-state index contributed by atoms with van der Waals surface area (Å²) in [4.78, 5) is 29.0. The van der Waals surface area contributed by atoms with Crippen LogP contribution in [-0.4, -0.2) is 54.3 Å². The van der Waals surface area contributed by atoms with Crippen LogP contribution in [0.2, 0.25) is 0 Å². The number of aliphatic imine (C=N–C) groups is 4. The van der Waals surface area contributed by atoms with E-state index in [2.05, 4.69) is 30.6 Å². The Hall–Kier alpha value is -2.05. The van der Waals surface area contributed by atoms with Gasteiger partial charge < -0.3 is 10.6 Å². The van der Waals surface area contributed by atoms with Crippen molar-refractivity contribution in [3.8, 4) is 0 Å². The molecule has 0 aromatic rings. The van der Waals surface area contributed by atoms with Crippen LogP contribution in [0, 0.1) is 0 Å². The number of amides is 2. The highest BCUT2D eigenvalue weighted by atomic mass is 16.2. The van der Waals surface area contributed by atoms with E-state index in [-0.39, 0.29) is 18.1 Å². The zero-order valence-corrected chi connectivity index (χ0v) is 12.2. The molecule has 108 valence electrons. The van der Waals surface area contributed by atoms with Crippen molar-refractivity contribution in [1.29, 1.82) is 0 Å². The molecule has 0 fully saturated rings. The van der Waals surface area contributed by atoms with E-state index in [0.29, 0.717) is 0 Å². The number of nitrogens with zero attached hydrogens (tertiary/aromatic N) is 4. The van der Waals surface area contributed by atoms with E-state index >= 15 is 0 Å². The number of hydrogen-bond donors (Lipinski definition) is 2. The molecule has 20 heavy (non-hydrogen) atoms. The van der Waals surface area contributed by atoms with Gasteiger partial charge in [0.15, 0.2) is 11.3 Å². The van der Waals surface area contributed by atoms with Gasteiger partial charge in [-0.25, -0.2) is 4.79 Å². The van der Waals surface area contributed by atoms with Crippen LogP contribution < -0.4 is 10.6 Å². The van der Waals surface area contributed by atoms with Gasteiger partial charge in [-0.05, 0) is 27.7 Å². The Morgan fingerprint density at radius 1 is 0.850 bits per heavy atom. The van der Waals surface area contributed by atoms with E-state index in [9.17, 15) is 4.79 Å². The Kier molecular flexibility index (Phi) is 3.69. The lowest BCUT2D eigenvalue weighted by molar-refractivity contribution is 0.222. The molecule has 7 nitrogen and oxygen atoms in total. The summed E-state index contributed by atoms with van der Waals surface area (Å²) in [6.07, 6.45) is 6.56. The molecular weight excluding hydrogens is 256 g/mol. The standard InChI is InChI=1S/C13H20N6O/c1-9(12(3)14-5-6-15-12)18-11(20)19-10(2)13(4)16-7-8-17-13/h5-10H,1-4H3,(H2,18,19,20). The average molecular weight is 276 g/mol. The van der Waals surface area contributed by atoms with Crippen molar-refractivity contribution in [2.75, 3.05) is 0 Å². The van der Waals surface area contributed by atoms with Crippen molar-refractivity contribution < 1.29 is 4.79 Å². The number of carbonyl (C=O) groups is 1. The Bertz CT molecular complexity index is 439. The van der Waals surface area contributed by atoms with Crippen LogP contribution in [0.3, 0.4) is 0 Å². The van der Waals surface area contributed by atoms with Crippen molar-refractivity contribution in [2.45, 2.75) is 51.1 Å². The summed E-state index contributed by atoms with van der Waals surface area (Å²) in [5, 5.41) is 5.71. The van der Waals surface area contributed by atoms with Gasteiger partial charge in [0.2, 0.25) is 0 Å². The van der Waals surface area contributed by atoms with Gasteiger partial charge in [-0.1, -0.05) is 0 Å². The highest BCUT2D eigenvalue weighted by molar-refractivity contribution is 6.18. The molecule has 2 atom stereocenters. The van der Waals surface area contributed by atoms with E-state index in [1.165, 1.54) is 0 Å². The van der Waals surface area contributed by atoms with Gasteiger partial charge in [0.1, 0.15) is 0 Å². The second-order valence-corrected chi connectivity index (χ2v) is 5.36. The van der Waals surface area contributed by atoms with Crippen molar-refractivity contribution >= 4 is 30.9 Å². The molecule has 0 saturated heterocycles. The lowest BCUT2D eigenvalue weighted by Gasteiger charge is -2.30. The van der Waals surface area contributed by atoms with E-state index in [1.807, 2.05) is 27.7 Å². The van der Waals surface area contributed by atoms with Gasteiger partial charge in [-0.3, -0.25) is 20.0 Å². The van der Waals surface area contributed by atoms with Crippen molar-refractivity contribution in [1.82, 2.24) is 10.6 Å². The third-order valence-electron chi connectivity index (χ3n) is 3.81. The van der Waals surface area contributed by atoms with Crippen molar-refractivity contribution in [3.05, 3.63) is 0 Å². The smallest absolute Gasteiger partial charge is 0.315 e. The Morgan fingerprint density at radius 3 is 1.45 bits per heavy atom. The highest BCUT2D eigenvalue weighted by Gasteiger charge is 2.35. The molecule has 0 spiro atoms. The Balaban J connectivity index is 1.90. The van der Waals surface area contributed by atoms with E-state index < -0.39 is 11.3 Å². The normalized spacial score (nSPS) is 23.8. The minimum absolute atomic E-state index is 0.215. The molecule has 0 radical (unpaired) electrons. The van der Waals surface area contributed by atoms with E-state index in [4.69, 9.17) is 0 Å². The summed E-state index contributed by atoms with van der Waals surface area (Å²) in [7, 11) is 0. The largest absolute Gasteiger partial charge is 0.331 e. The molecule has 0 aliphatic carbocycles. The van der Waals surface area contributed by atoms with Crippen LogP contribution in [0.4, 0.5) is 4.79 Å². The van der Waals surface area contributed by atoms with E-state index in [1.54, 1.807) is 24.9 Å². The minimum Gasteiger partial charge on any atom is -0.331 e. The van der Waals surface area contributed by atoms with Crippen LogP contribution in [0.1, 0.15) is 27.7 Å². The highest BCUT2D eigenvalue weighted by Crippen LogP contribution is 2.21. The predicted molar refractivity (Wildman–Crippen MR) is 81.4 cm³/mol. The summed E-state index contributed by atoms with van der Waals surface area (Å²) < 4.78 is 0. The predicted octanol–water partition coefficient (Wildman–Crippen LogP) is 0.805. The van der Waals surface area contributed by atoms with Crippen molar-refractivity contribution in [3.63, 3.8) is 0 Å². The van der Waals surface area contributed by atoms with Gasteiger partial charge in [0.25, 0.3) is 0 Å². The average Bonchev–Trinajstić information content (AvgIpc) is 3.00. The first-order chi connectivity index (χ1) is 9.36. The third kappa shape index (κ3) is 2.76. The van der Waals surface area contributed by atoms with Crippen LogP contribution >= 0.6 is 0 Å². The summed E-state index contributed by atoms with van der Waals surface area (Å²) in [5.41, 5.74) is -1.26. The monoisotopic (exact) mass is 276 g/mol. The Labute approximate surface area is 118 Å². The second kappa shape index (κ2) is 5.15. The number of nitrogens with one attached hydrogen (secondary N) is 2. The molecule has 2 aliphatic heterocycles. The lowest BCUT2D eigenvalue weighted by atomic mass is 10.1. The number of carbonyl (C=O) groups excluding carboxylic acids is 1. The Morgan fingerprint density at radius 2 is 1.15 bits per heavy atom. The van der Waals surface area contributed by atoms with Gasteiger partial charge >= 0.3 is 6.03 Å². The van der Waals surface area contributed by atoms with Crippen LogP contribution in [0.25, 0.3) is 0 Å². The molecule has 2 N–H and O–H groups in total. The summed E-state index contributed by atoms with van der Waals surface area (Å²) >= 11 is 0. The molecule has 0 aromatic carbocycles. The molecule has 2 aliphatic rings. The number of urea groups is 1. The molecule has 2 unspecified atom stereocenters. The maximum Gasteiger partial charge on any atom is 0.315 e. The van der Waals surface area contributed by atoms with Gasteiger partial charge in [-0.2, -0.15) is 0 Å². The van der Waals surface area contributed by atoms with Crippen molar-refractivity contribution in [2.24, 2.45) is 20.0 Å². The summed E-state index contributed by atoms with van der Waals surface area (Å²) in [6.45, 7) is 7.48. The minimum atomic E-state index is -0.631. The second-order valence-electron chi connectivity index (χ2n) is 5.36. The lowest BCUT2D eigenvalue weighted by Crippen LogP contribution is -2.54. The zero-order chi connectivity index (χ0) is 14.8. The third-order valence-corrected chi connectivity index (χ3v) is 3.81. The van der Waals surface area contributed by atoms with Crippen LogP contribution in [-0.2, 0) is 0 Å². The topological polar surface area (TPSA) is 90.6 Å².